The van der Waals surface area contributed by atoms with Crippen LogP contribution in [0.25, 0.3) is 11.2 Å². The van der Waals surface area contributed by atoms with Crippen LogP contribution < -0.4 is 0 Å². The number of hydrogen-bond donors (Lipinski definition) is 1. The second kappa shape index (κ2) is 6.59. The molecule has 3 aliphatic rings. The molecule has 5 rings (SSSR count). The third-order valence-corrected chi connectivity index (χ3v) is 7.21. The van der Waals surface area contributed by atoms with Crippen LogP contribution in [0.1, 0.15) is 67.8 Å². The Balaban J connectivity index is 1.33. The number of aliphatic hydroxyl groups is 1. The quantitative estimate of drug-likeness (QED) is 0.903. The predicted octanol–water partition coefficient (Wildman–Crippen LogP) is 3.17. The van der Waals surface area contributed by atoms with Gasteiger partial charge < -0.3 is 14.6 Å². The van der Waals surface area contributed by atoms with Gasteiger partial charge in [-0.25, -0.2) is 9.97 Å². The van der Waals surface area contributed by atoms with Crippen molar-refractivity contribution in [2.75, 3.05) is 7.05 Å². The maximum absolute atomic E-state index is 13.0. The molecular weight excluding hydrogens is 340 g/mol. The fourth-order valence-corrected chi connectivity index (χ4v) is 5.72. The summed E-state index contributed by atoms with van der Waals surface area (Å²) >= 11 is 0. The number of nitrogens with zero attached hydrogens (tertiary/aromatic N) is 4. The lowest BCUT2D eigenvalue weighted by Crippen LogP contribution is -2.36. The predicted molar refractivity (Wildman–Crippen MR) is 102 cm³/mol. The molecule has 0 radical (unpaired) electrons. The van der Waals surface area contributed by atoms with Crippen molar-refractivity contribution >= 4 is 17.1 Å². The average molecular weight is 368 g/mol. The summed E-state index contributed by atoms with van der Waals surface area (Å²) in [6.07, 6.45) is 12.2. The fourth-order valence-electron chi connectivity index (χ4n) is 5.72. The Morgan fingerprint density at radius 1 is 1.15 bits per heavy atom. The third-order valence-electron chi connectivity index (χ3n) is 7.21. The first kappa shape index (κ1) is 17.2. The van der Waals surface area contributed by atoms with Crippen molar-refractivity contribution in [1.82, 2.24) is 19.4 Å². The molecule has 0 spiro atoms. The normalized spacial score (nSPS) is 30.9. The van der Waals surface area contributed by atoms with E-state index in [2.05, 4.69) is 14.5 Å². The van der Waals surface area contributed by atoms with Crippen LogP contribution in [0.4, 0.5) is 0 Å². The Bertz CT molecular complexity index is 843. The molecule has 3 fully saturated rings. The van der Waals surface area contributed by atoms with Gasteiger partial charge in [-0.1, -0.05) is 12.8 Å². The first-order valence-corrected chi connectivity index (χ1v) is 10.4. The second-order valence-electron chi connectivity index (χ2n) is 8.84. The number of imidazole rings is 1. The number of aliphatic hydroxyl groups excluding tert-OH is 1. The van der Waals surface area contributed by atoms with E-state index in [-0.39, 0.29) is 18.1 Å². The molecule has 0 aliphatic heterocycles. The number of aromatic nitrogens is 3. The zero-order valence-corrected chi connectivity index (χ0v) is 15.9. The number of amides is 1. The van der Waals surface area contributed by atoms with E-state index in [1.165, 1.54) is 25.7 Å². The van der Waals surface area contributed by atoms with Crippen molar-refractivity contribution in [3.63, 3.8) is 0 Å². The van der Waals surface area contributed by atoms with Crippen molar-refractivity contribution in [3.8, 4) is 0 Å². The Kier molecular flexibility index (Phi) is 4.19. The van der Waals surface area contributed by atoms with Gasteiger partial charge in [0.1, 0.15) is 5.52 Å². The number of carbonyl (C=O) groups excluding carboxylic acids is 1. The van der Waals surface area contributed by atoms with Crippen LogP contribution in [-0.4, -0.2) is 49.6 Å². The van der Waals surface area contributed by atoms with Crippen LogP contribution >= 0.6 is 0 Å². The van der Waals surface area contributed by atoms with Crippen molar-refractivity contribution in [2.24, 2.45) is 11.8 Å². The van der Waals surface area contributed by atoms with Gasteiger partial charge >= 0.3 is 0 Å². The molecule has 3 saturated carbocycles. The molecule has 4 atom stereocenters. The standard InChI is InChI=1S/C21H28N4O2/c1-24(17-6-13-8-18(26)9-14(13)7-17)21(27)15-10-19-20(22-11-15)25(12-23-19)16-4-2-3-5-16/h10-14,16-18,26H,2-9H2,1H3/t13-,14+,17?,18?. The van der Waals surface area contributed by atoms with E-state index in [9.17, 15) is 9.90 Å². The van der Waals surface area contributed by atoms with Crippen molar-refractivity contribution < 1.29 is 9.90 Å². The summed E-state index contributed by atoms with van der Waals surface area (Å²) in [6, 6.07) is 2.67. The van der Waals surface area contributed by atoms with Crippen LogP contribution in [0, 0.1) is 11.8 Å². The van der Waals surface area contributed by atoms with Gasteiger partial charge in [0.25, 0.3) is 5.91 Å². The number of pyridine rings is 1. The van der Waals surface area contributed by atoms with E-state index in [1.807, 2.05) is 24.3 Å². The van der Waals surface area contributed by atoms with Crippen LogP contribution in [0.3, 0.4) is 0 Å². The molecule has 2 aromatic rings. The molecule has 0 bridgehead atoms. The largest absolute Gasteiger partial charge is 0.393 e. The molecule has 1 N–H and O–H groups in total. The molecule has 2 heterocycles. The van der Waals surface area contributed by atoms with Gasteiger partial charge in [0.05, 0.1) is 18.0 Å². The van der Waals surface area contributed by atoms with E-state index < -0.39 is 0 Å². The minimum atomic E-state index is -0.136. The molecule has 27 heavy (non-hydrogen) atoms. The molecule has 144 valence electrons. The zero-order chi connectivity index (χ0) is 18.5. The van der Waals surface area contributed by atoms with Crippen molar-refractivity contribution in [3.05, 3.63) is 24.2 Å². The highest BCUT2D eigenvalue weighted by molar-refractivity contribution is 5.96. The second-order valence-corrected chi connectivity index (χ2v) is 8.84. The molecule has 0 saturated heterocycles. The highest BCUT2D eigenvalue weighted by Gasteiger charge is 2.43. The monoisotopic (exact) mass is 368 g/mol. The molecule has 6 heteroatoms. The van der Waals surface area contributed by atoms with Gasteiger partial charge in [-0.3, -0.25) is 4.79 Å². The zero-order valence-electron chi connectivity index (χ0n) is 15.9. The minimum Gasteiger partial charge on any atom is -0.393 e. The molecule has 3 aliphatic carbocycles. The van der Waals surface area contributed by atoms with Crippen LogP contribution in [0.15, 0.2) is 18.6 Å². The van der Waals surface area contributed by atoms with Gasteiger partial charge in [-0.2, -0.15) is 0 Å². The Morgan fingerprint density at radius 3 is 2.56 bits per heavy atom. The summed E-state index contributed by atoms with van der Waals surface area (Å²) in [5.74, 6) is 1.18. The summed E-state index contributed by atoms with van der Waals surface area (Å²) in [4.78, 5) is 24.0. The number of rotatable bonds is 3. The highest BCUT2D eigenvalue weighted by atomic mass is 16.3. The lowest BCUT2D eigenvalue weighted by molar-refractivity contribution is 0.0722. The Morgan fingerprint density at radius 2 is 1.85 bits per heavy atom. The number of carbonyl (C=O) groups is 1. The maximum atomic E-state index is 13.0. The van der Waals surface area contributed by atoms with Crippen molar-refractivity contribution in [2.45, 2.75) is 69.6 Å². The molecule has 6 nitrogen and oxygen atoms in total. The maximum Gasteiger partial charge on any atom is 0.255 e. The topological polar surface area (TPSA) is 71.2 Å². The number of fused-ring (bicyclic) bond motifs is 2. The summed E-state index contributed by atoms with van der Waals surface area (Å²) in [5, 5.41) is 9.83. The Labute approximate surface area is 159 Å². The van der Waals surface area contributed by atoms with Gasteiger partial charge in [-0.15, -0.1) is 0 Å². The molecule has 2 aromatic heterocycles. The van der Waals surface area contributed by atoms with Gasteiger partial charge in [0.15, 0.2) is 5.65 Å². The van der Waals surface area contributed by atoms with Gasteiger partial charge in [0.2, 0.25) is 0 Å². The smallest absolute Gasteiger partial charge is 0.255 e. The summed E-state index contributed by atoms with van der Waals surface area (Å²) in [5.41, 5.74) is 2.33. The van der Waals surface area contributed by atoms with Gasteiger partial charge in [-0.05, 0) is 56.4 Å². The molecular formula is C21H28N4O2. The van der Waals surface area contributed by atoms with Crippen molar-refractivity contribution in [1.29, 1.82) is 0 Å². The fraction of sp³-hybridized carbons (Fsp3) is 0.667. The van der Waals surface area contributed by atoms with E-state index in [0.29, 0.717) is 23.4 Å². The minimum absolute atomic E-state index is 0.0327. The summed E-state index contributed by atoms with van der Waals surface area (Å²) < 4.78 is 2.18. The highest BCUT2D eigenvalue weighted by Crippen LogP contribution is 2.45. The van der Waals surface area contributed by atoms with E-state index in [1.54, 1.807) is 6.20 Å². The van der Waals surface area contributed by atoms with E-state index in [4.69, 9.17) is 0 Å². The summed E-state index contributed by atoms with van der Waals surface area (Å²) in [6.45, 7) is 0. The van der Waals surface area contributed by atoms with Gasteiger partial charge in [0, 0.05) is 25.3 Å². The molecule has 0 aromatic carbocycles. The van der Waals surface area contributed by atoms with E-state index in [0.717, 1.165) is 36.8 Å². The molecule has 2 unspecified atom stereocenters. The summed E-state index contributed by atoms with van der Waals surface area (Å²) in [7, 11) is 1.91. The lowest BCUT2D eigenvalue weighted by Gasteiger charge is -2.25. The average Bonchev–Trinajstić information content (AvgIpc) is 3.42. The first-order chi connectivity index (χ1) is 13.1. The lowest BCUT2D eigenvalue weighted by atomic mass is 10.0. The first-order valence-electron chi connectivity index (χ1n) is 10.4. The molecule has 1 amide bonds. The van der Waals surface area contributed by atoms with E-state index >= 15 is 0 Å². The van der Waals surface area contributed by atoms with Crippen LogP contribution in [-0.2, 0) is 0 Å². The Hall–Kier alpha value is -1.95. The van der Waals surface area contributed by atoms with Crippen LogP contribution in [0.5, 0.6) is 0 Å². The van der Waals surface area contributed by atoms with Crippen LogP contribution in [0.2, 0.25) is 0 Å². The SMILES string of the molecule is CN(C(=O)c1cnc2c(c1)ncn2C1CCCC1)C1C[C@H]2CC(O)C[C@H]2C1. The number of hydrogen-bond acceptors (Lipinski definition) is 4. The third kappa shape index (κ3) is 2.94.